The van der Waals surface area contributed by atoms with E-state index in [-0.39, 0.29) is 24.8 Å². The van der Waals surface area contributed by atoms with Gasteiger partial charge in [-0.3, -0.25) is 19.5 Å². The van der Waals surface area contributed by atoms with Gasteiger partial charge < -0.3 is 10.2 Å². The highest BCUT2D eigenvalue weighted by atomic mass is 16.3. The van der Waals surface area contributed by atoms with Gasteiger partial charge in [-0.05, 0) is 0 Å². The number of aromatic amines is 1. The van der Waals surface area contributed by atoms with Crippen molar-refractivity contribution in [2.75, 3.05) is 11.4 Å². The molecular formula is C8H9N3O4. The number of aromatic hydroxyl groups is 1. The molecule has 0 saturated carbocycles. The Labute approximate surface area is 84.0 Å². The van der Waals surface area contributed by atoms with Crippen molar-refractivity contribution in [3.63, 3.8) is 0 Å². The summed E-state index contributed by atoms with van der Waals surface area (Å²) >= 11 is 0. The van der Waals surface area contributed by atoms with E-state index in [9.17, 15) is 14.7 Å². The average Bonchev–Trinajstić information content (AvgIpc) is 2.43. The van der Waals surface area contributed by atoms with Crippen LogP contribution in [0.5, 0.6) is 5.88 Å². The Hall–Kier alpha value is -1.89. The molecule has 0 aromatic carbocycles. The predicted molar refractivity (Wildman–Crippen MR) is 49.5 cm³/mol. The zero-order valence-corrected chi connectivity index (χ0v) is 7.67. The first-order chi connectivity index (χ1) is 7.06. The number of β-amino-alcohol motifs (C(OH)–C–C–N with tert-alkyl or cyclic N) is 1. The molecule has 1 aliphatic rings. The zero-order valence-electron chi connectivity index (χ0n) is 7.67. The molecule has 1 unspecified atom stereocenters. The van der Waals surface area contributed by atoms with E-state index in [1.165, 1.54) is 0 Å². The Balaban J connectivity index is 2.37. The van der Waals surface area contributed by atoms with Crippen molar-refractivity contribution in [1.29, 1.82) is 0 Å². The third-order valence-electron chi connectivity index (χ3n) is 2.08. The molecule has 1 atom stereocenters. The lowest BCUT2D eigenvalue weighted by Gasteiger charge is -2.13. The molecule has 3 N–H and O–H groups in total. The van der Waals surface area contributed by atoms with E-state index in [0.717, 1.165) is 11.0 Å². The standard InChI is InChI=1S/C8H9N3O4/c12-4-1-7(15)11(3-4)8-9-5(13)2-6(14)10-8/h2,4,12H,1,3H2,(H2,9,10,13,14). The van der Waals surface area contributed by atoms with Gasteiger partial charge in [0.25, 0.3) is 5.56 Å². The fraction of sp³-hybridized carbons (Fsp3) is 0.375. The van der Waals surface area contributed by atoms with Gasteiger partial charge in [-0.2, -0.15) is 4.98 Å². The summed E-state index contributed by atoms with van der Waals surface area (Å²) in [5.41, 5.74) is -0.549. The van der Waals surface area contributed by atoms with Gasteiger partial charge in [-0.1, -0.05) is 0 Å². The minimum absolute atomic E-state index is 0.000628. The van der Waals surface area contributed by atoms with Crippen LogP contribution >= 0.6 is 0 Å². The van der Waals surface area contributed by atoms with Gasteiger partial charge in [0.1, 0.15) is 0 Å². The maximum absolute atomic E-state index is 11.3. The zero-order chi connectivity index (χ0) is 11.0. The first kappa shape index (κ1) is 9.66. The summed E-state index contributed by atoms with van der Waals surface area (Å²) in [6.45, 7) is 0.0746. The Morgan fingerprint density at radius 2 is 2.27 bits per heavy atom. The third-order valence-corrected chi connectivity index (χ3v) is 2.08. The molecule has 0 spiro atoms. The summed E-state index contributed by atoms with van der Waals surface area (Å²) in [4.78, 5) is 29.4. The van der Waals surface area contributed by atoms with Crippen molar-refractivity contribution < 1.29 is 15.0 Å². The molecular weight excluding hydrogens is 202 g/mol. The van der Waals surface area contributed by atoms with Crippen LogP contribution in [-0.4, -0.2) is 38.7 Å². The Bertz CT molecular complexity index is 455. The summed E-state index contributed by atoms with van der Waals surface area (Å²) in [5, 5.41) is 18.3. The second-order valence-electron chi connectivity index (χ2n) is 3.29. The summed E-state index contributed by atoms with van der Waals surface area (Å²) in [6, 6.07) is 0.903. The smallest absolute Gasteiger partial charge is 0.256 e. The highest BCUT2D eigenvalue weighted by molar-refractivity contribution is 5.94. The van der Waals surface area contributed by atoms with Gasteiger partial charge in [0.05, 0.1) is 25.1 Å². The quantitative estimate of drug-likeness (QED) is 0.528. The molecule has 1 aromatic rings. The number of rotatable bonds is 1. The van der Waals surface area contributed by atoms with E-state index in [1.807, 2.05) is 0 Å². The van der Waals surface area contributed by atoms with Crippen molar-refractivity contribution in [2.45, 2.75) is 12.5 Å². The van der Waals surface area contributed by atoms with Gasteiger partial charge in [-0.15, -0.1) is 0 Å². The van der Waals surface area contributed by atoms with Crippen molar-refractivity contribution in [3.05, 3.63) is 16.4 Å². The van der Waals surface area contributed by atoms with Gasteiger partial charge in [-0.25, -0.2) is 0 Å². The summed E-state index contributed by atoms with van der Waals surface area (Å²) in [6.07, 6.45) is -0.760. The van der Waals surface area contributed by atoms with Crippen LogP contribution in [0.25, 0.3) is 0 Å². The van der Waals surface area contributed by atoms with E-state index in [2.05, 4.69) is 9.97 Å². The van der Waals surface area contributed by atoms with Gasteiger partial charge in [0, 0.05) is 0 Å². The van der Waals surface area contributed by atoms with Crippen LogP contribution in [0.4, 0.5) is 5.95 Å². The highest BCUT2D eigenvalue weighted by Crippen LogP contribution is 2.17. The molecule has 7 nitrogen and oxygen atoms in total. The van der Waals surface area contributed by atoms with E-state index in [4.69, 9.17) is 5.11 Å². The number of hydrogen-bond acceptors (Lipinski definition) is 5. The molecule has 0 bridgehead atoms. The third kappa shape index (κ3) is 1.82. The molecule has 80 valence electrons. The topological polar surface area (TPSA) is 107 Å². The summed E-state index contributed by atoms with van der Waals surface area (Å²) in [5.74, 6) is -0.833. The van der Waals surface area contributed by atoms with E-state index >= 15 is 0 Å². The molecule has 2 heterocycles. The van der Waals surface area contributed by atoms with Crippen molar-refractivity contribution in [2.24, 2.45) is 0 Å². The number of nitrogens with zero attached hydrogens (tertiary/aromatic N) is 2. The minimum Gasteiger partial charge on any atom is -0.493 e. The monoisotopic (exact) mass is 211 g/mol. The van der Waals surface area contributed by atoms with Gasteiger partial charge in [0.2, 0.25) is 17.7 Å². The molecule has 2 rings (SSSR count). The molecule has 15 heavy (non-hydrogen) atoms. The normalized spacial score (nSPS) is 21.0. The lowest BCUT2D eigenvalue weighted by atomic mass is 10.3. The number of anilines is 1. The number of aliphatic hydroxyl groups is 1. The second-order valence-corrected chi connectivity index (χ2v) is 3.29. The van der Waals surface area contributed by atoms with Crippen molar-refractivity contribution in [1.82, 2.24) is 9.97 Å². The number of amides is 1. The van der Waals surface area contributed by atoms with Crippen molar-refractivity contribution in [3.8, 4) is 5.88 Å². The first-order valence-corrected chi connectivity index (χ1v) is 4.35. The Morgan fingerprint density at radius 1 is 1.53 bits per heavy atom. The molecule has 7 heteroatoms. The van der Waals surface area contributed by atoms with Gasteiger partial charge >= 0.3 is 0 Å². The van der Waals surface area contributed by atoms with Crippen LogP contribution in [0.2, 0.25) is 0 Å². The Morgan fingerprint density at radius 3 is 2.80 bits per heavy atom. The maximum Gasteiger partial charge on any atom is 0.256 e. The molecule has 1 saturated heterocycles. The average molecular weight is 211 g/mol. The Kier molecular flexibility index (Phi) is 2.16. The van der Waals surface area contributed by atoms with Crippen LogP contribution in [0.1, 0.15) is 6.42 Å². The number of carbonyl (C=O) groups is 1. The van der Waals surface area contributed by atoms with Crippen molar-refractivity contribution >= 4 is 11.9 Å². The number of carbonyl (C=O) groups excluding carboxylic acids is 1. The van der Waals surface area contributed by atoms with Crippen LogP contribution in [0.15, 0.2) is 10.9 Å². The fourth-order valence-electron chi connectivity index (χ4n) is 1.45. The second kappa shape index (κ2) is 3.35. The summed E-state index contributed by atoms with van der Waals surface area (Å²) in [7, 11) is 0. The SMILES string of the molecule is O=C1CC(O)CN1c1nc(O)cc(=O)[nH]1. The molecule has 1 aromatic heterocycles. The fourth-order valence-corrected chi connectivity index (χ4v) is 1.45. The lowest BCUT2D eigenvalue weighted by Crippen LogP contribution is -2.29. The molecule has 1 fully saturated rings. The minimum atomic E-state index is -0.759. The maximum atomic E-state index is 11.3. The molecule has 0 aliphatic carbocycles. The number of nitrogens with one attached hydrogen (secondary N) is 1. The predicted octanol–water partition coefficient (Wildman–Crippen LogP) is -1.43. The van der Waals surface area contributed by atoms with Crippen LogP contribution in [0, 0.1) is 0 Å². The number of hydrogen-bond donors (Lipinski definition) is 3. The molecule has 0 radical (unpaired) electrons. The van der Waals surface area contributed by atoms with E-state index in [1.54, 1.807) is 0 Å². The molecule has 1 aliphatic heterocycles. The highest BCUT2D eigenvalue weighted by Gasteiger charge is 2.30. The molecule has 1 amide bonds. The number of aliphatic hydroxyl groups excluding tert-OH is 1. The largest absolute Gasteiger partial charge is 0.493 e. The van der Waals surface area contributed by atoms with Crippen LogP contribution in [0.3, 0.4) is 0 Å². The van der Waals surface area contributed by atoms with E-state index in [0.29, 0.717) is 0 Å². The van der Waals surface area contributed by atoms with E-state index < -0.39 is 17.5 Å². The summed E-state index contributed by atoms with van der Waals surface area (Å²) < 4.78 is 0. The lowest BCUT2D eigenvalue weighted by molar-refractivity contribution is -0.117. The van der Waals surface area contributed by atoms with Crippen LogP contribution < -0.4 is 10.5 Å². The van der Waals surface area contributed by atoms with Crippen LogP contribution in [-0.2, 0) is 4.79 Å². The first-order valence-electron chi connectivity index (χ1n) is 4.35. The number of H-pyrrole nitrogens is 1. The van der Waals surface area contributed by atoms with Gasteiger partial charge in [0.15, 0.2) is 0 Å². The number of aromatic nitrogens is 2.